The maximum atomic E-state index is 11.6. The van der Waals surface area contributed by atoms with Crippen molar-refractivity contribution in [2.24, 2.45) is 0 Å². The molecular formula is C11H14N2O2. The SMILES string of the molecule is C=CC(=O)N1CCC[C@H]1c1cc(C)on1. The molecule has 0 saturated carbocycles. The molecule has 0 aliphatic carbocycles. The largest absolute Gasteiger partial charge is 0.361 e. The van der Waals surface area contributed by atoms with E-state index in [-0.39, 0.29) is 11.9 Å². The maximum absolute atomic E-state index is 11.6. The van der Waals surface area contributed by atoms with Gasteiger partial charge in [0, 0.05) is 12.6 Å². The molecule has 0 bridgehead atoms. The van der Waals surface area contributed by atoms with E-state index in [9.17, 15) is 4.79 Å². The van der Waals surface area contributed by atoms with Crippen LogP contribution < -0.4 is 0 Å². The second kappa shape index (κ2) is 3.88. The standard InChI is InChI=1S/C11H14N2O2/c1-3-11(14)13-6-4-5-10(13)9-7-8(2)15-12-9/h3,7,10H,1,4-6H2,2H3/t10-/m0/s1. The minimum atomic E-state index is -0.0295. The summed E-state index contributed by atoms with van der Waals surface area (Å²) in [6.07, 6.45) is 3.31. The van der Waals surface area contributed by atoms with Crippen LogP contribution in [0.1, 0.15) is 30.3 Å². The first-order valence-electron chi connectivity index (χ1n) is 5.08. The van der Waals surface area contributed by atoms with E-state index >= 15 is 0 Å². The Kier molecular flexibility index (Phi) is 2.58. The van der Waals surface area contributed by atoms with Gasteiger partial charge in [0.25, 0.3) is 0 Å². The molecule has 2 rings (SSSR count). The van der Waals surface area contributed by atoms with Gasteiger partial charge in [0.05, 0.1) is 6.04 Å². The van der Waals surface area contributed by atoms with Crippen molar-refractivity contribution >= 4 is 5.91 Å². The van der Waals surface area contributed by atoms with E-state index in [1.54, 1.807) is 4.90 Å². The van der Waals surface area contributed by atoms with Gasteiger partial charge in [-0.25, -0.2) is 0 Å². The molecule has 1 aromatic heterocycles. The van der Waals surface area contributed by atoms with Gasteiger partial charge in [0.15, 0.2) is 0 Å². The number of aromatic nitrogens is 1. The molecule has 1 saturated heterocycles. The van der Waals surface area contributed by atoms with Crippen molar-refractivity contribution in [3.63, 3.8) is 0 Å². The van der Waals surface area contributed by atoms with Crippen molar-refractivity contribution in [2.45, 2.75) is 25.8 Å². The predicted octanol–water partition coefficient (Wildman–Crippen LogP) is 1.83. The summed E-state index contributed by atoms with van der Waals surface area (Å²) in [5.41, 5.74) is 0.847. The van der Waals surface area contributed by atoms with Crippen LogP contribution in [-0.4, -0.2) is 22.5 Å². The van der Waals surface area contributed by atoms with Crippen LogP contribution in [0.15, 0.2) is 23.2 Å². The summed E-state index contributed by atoms with van der Waals surface area (Å²) >= 11 is 0. The van der Waals surface area contributed by atoms with Crippen molar-refractivity contribution < 1.29 is 9.32 Å². The third-order valence-corrected chi connectivity index (χ3v) is 2.70. The number of aryl methyl sites for hydroxylation is 1. The average molecular weight is 206 g/mol. The summed E-state index contributed by atoms with van der Waals surface area (Å²) in [5, 5.41) is 3.96. The molecule has 0 radical (unpaired) electrons. The molecule has 1 fully saturated rings. The minimum absolute atomic E-state index is 0.0295. The predicted molar refractivity (Wildman–Crippen MR) is 55.1 cm³/mol. The van der Waals surface area contributed by atoms with Gasteiger partial charge in [-0.2, -0.15) is 0 Å². The molecule has 1 amide bonds. The van der Waals surface area contributed by atoms with Crippen LogP contribution in [0.4, 0.5) is 0 Å². The molecule has 1 aliphatic heterocycles. The number of rotatable bonds is 2. The Morgan fingerprint density at radius 3 is 3.20 bits per heavy atom. The van der Waals surface area contributed by atoms with Crippen LogP contribution in [0.5, 0.6) is 0 Å². The topological polar surface area (TPSA) is 46.3 Å². The van der Waals surface area contributed by atoms with Crippen molar-refractivity contribution in [3.8, 4) is 0 Å². The van der Waals surface area contributed by atoms with E-state index < -0.39 is 0 Å². The first kappa shape index (κ1) is 9.96. The molecule has 0 spiro atoms. The van der Waals surface area contributed by atoms with Gasteiger partial charge in [0.2, 0.25) is 5.91 Å². The first-order chi connectivity index (χ1) is 7.22. The summed E-state index contributed by atoms with van der Waals surface area (Å²) in [4.78, 5) is 13.4. The summed E-state index contributed by atoms with van der Waals surface area (Å²) in [7, 11) is 0. The Morgan fingerprint density at radius 2 is 2.60 bits per heavy atom. The molecule has 2 heterocycles. The second-order valence-corrected chi connectivity index (χ2v) is 3.76. The number of carbonyl (C=O) groups excluding carboxylic acids is 1. The van der Waals surface area contributed by atoms with Gasteiger partial charge < -0.3 is 9.42 Å². The quantitative estimate of drug-likeness (QED) is 0.693. The average Bonchev–Trinajstić information content (AvgIpc) is 2.84. The summed E-state index contributed by atoms with van der Waals surface area (Å²) in [6.45, 7) is 6.13. The minimum Gasteiger partial charge on any atom is -0.361 e. The summed E-state index contributed by atoms with van der Waals surface area (Å²) in [6, 6.07) is 1.95. The fourth-order valence-corrected chi connectivity index (χ4v) is 2.00. The van der Waals surface area contributed by atoms with E-state index in [1.807, 2.05) is 13.0 Å². The molecule has 1 atom stereocenters. The highest BCUT2D eigenvalue weighted by Crippen LogP contribution is 2.31. The maximum Gasteiger partial charge on any atom is 0.246 e. The van der Waals surface area contributed by atoms with E-state index in [2.05, 4.69) is 11.7 Å². The molecular weight excluding hydrogens is 192 g/mol. The molecule has 4 heteroatoms. The normalized spacial score (nSPS) is 20.6. The molecule has 0 unspecified atom stereocenters. The Hall–Kier alpha value is -1.58. The molecule has 4 nitrogen and oxygen atoms in total. The fourth-order valence-electron chi connectivity index (χ4n) is 2.00. The van der Waals surface area contributed by atoms with Crippen molar-refractivity contribution in [1.29, 1.82) is 0 Å². The zero-order chi connectivity index (χ0) is 10.8. The van der Waals surface area contributed by atoms with Gasteiger partial charge in [-0.3, -0.25) is 4.79 Å². The number of hydrogen-bond donors (Lipinski definition) is 0. The van der Waals surface area contributed by atoms with Gasteiger partial charge in [-0.05, 0) is 25.8 Å². The number of nitrogens with zero attached hydrogens (tertiary/aromatic N) is 2. The number of hydrogen-bond acceptors (Lipinski definition) is 3. The number of amides is 1. The third kappa shape index (κ3) is 1.79. The highest BCUT2D eigenvalue weighted by atomic mass is 16.5. The Morgan fingerprint density at radius 1 is 1.80 bits per heavy atom. The Balaban J connectivity index is 2.21. The van der Waals surface area contributed by atoms with Crippen LogP contribution in [0.2, 0.25) is 0 Å². The van der Waals surface area contributed by atoms with Crippen LogP contribution in [-0.2, 0) is 4.79 Å². The van der Waals surface area contributed by atoms with E-state index in [0.29, 0.717) is 0 Å². The van der Waals surface area contributed by atoms with E-state index in [4.69, 9.17) is 4.52 Å². The Bertz CT molecular complexity index is 384. The highest BCUT2D eigenvalue weighted by molar-refractivity contribution is 5.87. The lowest BCUT2D eigenvalue weighted by Crippen LogP contribution is -2.28. The highest BCUT2D eigenvalue weighted by Gasteiger charge is 2.30. The van der Waals surface area contributed by atoms with E-state index in [0.717, 1.165) is 30.8 Å². The summed E-state index contributed by atoms with van der Waals surface area (Å²) < 4.78 is 5.02. The van der Waals surface area contributed by atoms with Gasteiger partial charge in [-0.15, -0.1) is 0 Å². The molecule has 15 heavy (non-hydrogen) atoms. The lowest BCUT2D eigenvalue weighted by atomic mass is 10.1. The van der Waals surface area contributed by atoms with Gasteiger partial charge >= 0.3 is 0 Å². The van der Waals surface area contributed by atoms with Gasteiger partial charge in [0.1, 0.15) is 11.5 Å². The lowest BCUT2D eigenvalue weighted by Gasteiger charge is -2.20. The van der Waals surface area contributed by atoms with Crippen LogP contribution >= 0.6 is 0 Å². The fraction of sp³-hybridized carbons (Fsp3) is 0.455. The summed E-state index contributed by atoms with van der Waals surface area (Å²) in [5.74, 6) is 0.751. The molecule has 0 N–H and O–H groups in total. The second-order valence-electron chi connectivity index (χ2n) is 3.76. The lowest BCUT2D eigenvalue weighted by molar-refractivity contribution is -0.127. The first-order valence-corrected chi connectivity index (χ1v) is 5.08. The van der Waals surface area contributed by atoms with Crippen LogP contribution in [0.3, 0.4) is 0 Å². The zero-order valence-electron chi connectivity index (χ0n) is 8.77. The van der Waals surface area contributed by atoms with E-state index in [1.165, 1.54) is 6.08 Å². The molecule has 1 aromatic rings. The number of carbonyl (C=O) groups is 1. The van der Waals surface area contributed by atoms with Gasteiger partial charge in [-0.1, -0.05) is 11.7 Å². The van der Waals surface area contributed by atoms with Crippen molar-refractivity contribution in [3.05, 3.63) is 30.2 Å². The zero-order valence-corrected chi connectivity index (χ0v) is 8.77. The number of likely N-dealkylation sites (tertiary alicyclic amines) is 1. The van der Waals surface area contributed by atoms with Crippen LogP contribution in [0.25, 0.3) is 0 Å². The monoisotopic (exact) mass is 206 g/mol. The Labute approximate surface area is 88.5 Å². The molecule has 0 aromatic carbocycles. The third-order valence-electron chi connectivity index (χ3n) is 2.70. The van der Waals surface area contributed by atoms with Crippen LogP contribution in [0, 0.1) is 6.92 Å². The molecule has 1 aliphatic rings. The smallest absolute Gasteiger partial charge is 0.246 e. The van der Waals surface area contributed by atoms with Crippen molar-refractivity contribution in [1.82, 2.24) is 10.1 Å². The van der Waals surface area contributed by atoms with Crippen molar-refractivity contribution in [2.75, 3.05) is 6.54 Å². The molecule has 80 valence electrons.